The van der Waals surface area contributed by atoms with E-state index in [1.54, 1.807) is 13.0 Å². The number of sulfonamides is 1. The van der Waals surface area contributed by atoms with Gasteiger partial charge in [0.2, 0.25) is 15.9 Å². The quantitative estimate of drug-likeness (QED) is 0.673. The van der Waals surface area contributed by atoms with Gasteiger partial charge in [-0.05, 0) is 43.7 Å². The number of hydrogen-bond donors (Lipinski definition) is 1. The van der Waals surface area contributed by atoms with Crippen molar-refractivity contribution in [2.24, 2.45) is 0 Å². The number of aryl methyl sites for hydroxylation is 1. The first-order chi connectivity index (χ1) is 13.1. The zero-order valence-corrected chi connectivity index (χ0v) is 18.1. The van der Waals surface area contributed by atoms with E-state index in [-0.39, 0.29) is 23.4 Å². The van der Waals surface area contributed by atoms with Gasteiger partial charge in [-0.3, -0.25) is 9.10 Å². The first kappa shape index (κ1) is 22.3. The number of halogens is 2. The van der Waals surface area contributed by atoms with E-state index in [1.807, 2.05) is 31.2 Å². The number of ether oxygens (including phenoxy) is 1. The summed E-state index contributed by atoms with van der Waals surface area (Å²) in [7, 11) is -3.75. The first-order valence-corrected chi connectivity index (χ1v) is 11.1. The van der Waals surface area contributed by atoms with E-state index < -0.39 is 22.5 Å². The molecule has 152 valence electrons. The summed E-state index contributed by atoms with van der Waals surface area (Å²) in [5, 5.41) is 3.22. The van der Waals surface area contributed by atoms with Crippen LogP contribution in [-0.2, 0) is 14.8 Å². The maximum atomic E-state index is 12.4. The molecular weight excluding hydrogens is 423 g/mol. The molecule has 0 aliphatic heterocycles. The molecule has 1 atom stereocenters. The van der Waals surface area contributed by atoms with E-state index in [9.17, 15) is 13.2 Å². The van der Waals surface area contributed by atoms with Gasteiger partial charge in [-0.2, -0.15) is 0 Å². The monoisotopic (exact) mass is 444 g/mol. The zero-order chi connectivity index (χ0) is 20.9. The Balaban J connectivity index is 2.04. The molecule has 2 aromatic carbocycles. The average Bonchev–Trinajstić information content (AvgIpc) is 2.60. The Morgan fingerprint density at radius 1 is 1.21 bits per heavy atom. The molecule has 1 amide bonds. The summed E-state index contributed by atoms with van der Waals surface area (Å²) < 4.78 is 31.0. The Morgan fingerprint density at radius 3 is 2.54 bits per heavy atom. The maximum Gasteiger partial charge on any atom is 0.241 e. The van der Waals surface area contributed by atoms with Crippen LogP contribution in [0.25, 0.3) is 0 Å². The molecule has 2 aromatic rings. The topological polar surface area (TPSA) is 75.7 Å². The molecule has 0 aliphatic carbocycles. The van der Waals surface area contributed by atoms with E-state index in [0.29, 0.717) is 5.02 Å². The van der Waals surface area contributed by atoms with E-state index in [2.05, 4.69) is 5.32 Å². The second-order valence-electron chi connectivity index (χ2n) is 6.41. The van der Waals surface area contributed by atoms with Crippen LogP contribution in [0.2, 0.25) is 10.0 Å². The Bertz CT molecular complexity index is 951. The van der Waals surface area contributed by atoms with Crippen molar-refractivity contribution in [1.29, 1.82) is 0 Å². The Labute approximate surface area is 175 Å². The van der Waals surface area contributed by atoms with Gasteiger partial charge in [-0.1, -0.05) is 41.4 Å². The highest BCUT2D eigenvalue weighted by Crippen LogP contribution is 2.30. The fraction of sp³-hybridized carbons (Fsp3) is 0.316. The van der Waals surface area contributed by atoms with E-state index in [4.69, 9.17) is 27.9 Å². The van der Waals surface area contributed by atoms with Gasteiger partial charge in [-0.15, -0.1) is 0 Å². The summed E-state index contributed by atoms with van der Waals surface area (Å²) in [6, 6.07) is 11.6. The molecule has 28 heavy (non-hydrogen) atoms. The van der Waals surface area contributed by atoms with Crippen LogP contribution in [-0.4, -0.2) is 39.8 Å². The third kappa shape index (κ3) is 6.29. The number of rotatable bonds is 8. The number of anilines is 1. The Morgan fingerprint density at radius 2 is 1.89 bits per heavy atom. The summed E-state index contributed by atoms with van der Waals surface area (Å²) in [4.78, 5) is 12.4. The molecule has 0 saturated heterocycles. The van der Waals surface area contributed by atoms with Crippen molar-refractivity contribution in [2.45, 2.75) is 19.9 Å². The number of carbonyl (C=O) groups is 1. The van der Waals surface area contributed by atoms with Crippen LogP contribution in [0.4, 0.5) is 5.69 Å². The standard InChI is InChI=1S/C19H22Cl2N2O4S/c1-13-6-4-5-7-18(13)27-12-14(2)22-19(24)11-23(28(3,25)26)17-10-15(20)8-9-16(17)21/h4-10,14H,11-12H2,1-3H3,(H,22,24)/t14-/m1/s1. The number of nitrogens with zero attached hydrogens (tertiary/aromatic N) is 1. The van der Waals surface area contributed by atoms with Crippen LogP contribution in [0.1, 0.15) is 12.5 Å². The molecule has 0 radical (unpaired) electrons. The third-order valence-corrected chi connectivity index (χ3v) is 5.54. The van der Waals surface area contributed by atoms with Gasteiger partial charge in [0, 0.05) is 5.02 Å². The van der Waals surface area contributed by atoms with Crippen LogP contribution in [0, 0.1) is 6.92 Å². The Kier molecular flexibility index (Phi) is 7.57. The average molecular weight is 445 g/mol. The van der Waals surface area contributed by atoms with Crippen molar-refractivity contribution < 1.29 is 17.9 Å². The largest absolute Gasteiger partial charge is 0.491 e. The van der Waals surface area contributed by atoms with Crippen molar-refractivity contribution >= 4 is 44.8 Å². The van der Waals surface area contributed by atoms with Crippen molar-refractivity contribution in [3.8, 4) is 5.75 Å². The van der Waals surface area contributed by atoms with Gasteiger partial charge in [0.1, 0.15) is 18.9 Å². The minimum absolute atomic E-state index is 0.149. The highest BCUT2D eigenvalue weighted by Gasteiger charge is 2.24. The molecular formula is C19H22Cl2N2O4S. The smallest absolute Gasteiger partial charge is 0.241 e. The SMILES string of the molecule is Cc1ccccc1OC[C@@H](C)NC(=O)CN(c1cc(Cl)ccc1Cl)S(C)(=O)=O. The molecule has 0 aromatic heterocycles. The Hall–Kier alpha value is -1.96. The lowest BCUT2D eigenvalue weighted by molar-refractivity contribution is -0.120. The van der Waals surface area contributed by atoms with Gasteiger partial charge in [0.15, 0.2) is 0 Å². The lowest BCUT2D eigenvalue weighted by atomic mass is 10.2. The molecule has 9 heteroatoms. The highest BCUT2D eigenvalue weighted by atomic mass is 35.5. The molecule has 0 heterocycles. The summed E-state index contributed by atoms with van der Waals surface area (Å²) in [5.74, 6) is 0.245. The van der Waals surface area contributed by atoms with Crippen molar-refractivity contribution in [2.75, 3.05) is 23.7 Å². The fourth-order valence-corrected chi connectivity index (χ4v) is 3.78. The minimum Gasteiger partial charge on any atom is -0.491 e. The number of amides is 1. The summed E-state index contributed by atoms with van der Waals surface area (Å²) in [6.45, 7) is 3.52. The lowest BCUT2D eigenvalue weighted by Crippen LogP contribution is -2.45. The summed E-state index contributed by atoms with van der Waals surface area (Å²) >= 11 is 12.0. The molecule has 2 rings (SSSR count). The van der Waals surface area contributed by atoms with Crippen LogP contribution >= 0.6 is 23.2 Å². The lowest BCUT2D eigenvalue weighted by Gasteiger charge is -2.24. The molecule has 6 nitrogen and oxygen atoms in total. The van der Waals surface area contributed by atoms with Gasteiger partial charge in [0.25, 0.3) is 0 Å². The summed E-state index contributed by atoms with van der Waals surface area (Å²) in [5.41, 5.74) is 1.13. The minimum atomic E-state index is -3.75. The van der Waals surface area contributed by atoms with Crippen LogP contribution in [0.5, 0.6) is 5.75 Å². The number of hydrogen-bond acceptors (Lipinski definition) is 4. The van der Waals surface area contributed by atoms with Gasteiger partial charge in [-0.25, -0.2) is 8.42 Å². The number of nitrogens with one attached hydrogen (secondary N) is 1. The maximum absolute atomic E-state index is 12.4. The first-order valence-electron chi connectivity index (χ1n) is 8.48. The summed E-state index contributed by atoms with van der Waals surface area (Å²) in [6.07, 6.45) is 1.00. The van der Waals surface area contributed by atoms with Gasteiger partial charge < -0.3 is 10.1 Å². The second-order valence-corrected chi connectivity index (χ2v) is 9.16. The number of carbonyl (C=O) groups excluding carboxylic acids is 1. The predicted molar refractivity (Wildman–Crippen MR) is 113 cm³/mol. The molecule has 1 N–H and O–H groups in total. The molecule has 0 fully saturated rings. The highest BCUT2D eigenvalue weighted by molar-refractivity contribution is 7.92. The molecule has 0 bridgehead atoms. The zero-order valence-electron chi connectivity index (χ0n) is 15.8. The van der Waals surface area contributed by atoms with Crippen LogP contribution < -0.4 is 14.4 Å². The molecule has 0 aliphatic rings. The number of para-hydroxylation sites is 1. The molecule has 0 unspecified atom stereocenters. The molecule has 0 saturated carbocycles. The predicted octanol–water partition coefficient (Wildman–Crippen LogP) is 3.65. The normalized spacial score (nSPS) is 12.3. The van der Waals surface area contributed by atoms with Crippen molar-refractivity contribution in [3.63, 3.8) is 0 Å². The van der Waals surface area contributed by atoms with Crippen molar-refractivity contribution in [1.82, 2.24) is 5.32 Å². The van der Waals surface area contributed by atoms with Crippen LogP contribution in [0.15, 0.2) is 42.5 Å². The van der Waals surface area contributed by atoms with E-state index in [1.165, 1.54) is 12.1 Å². The third-order valence-electron chi connectivity index (χ3n) is 3.85. The second kappa shape index (κ2) is 9.49. The van der Waals surface area contributed by atoms with E-state index in [0.717, 1.165) is 21.9 Å². The fourth-order valence-electron chi connectivity index (χ4n) is 2.48. The van der Waals surface area contributed by atoms with Crippen molar-refractivity contribution in [3.05, 3.63) is 58.1 Å². The number of benzene rings is 2. The van der Waals surface area contributed by atoms with Crippen LogP contribution in [0.3, 0.4) is 0 Å². The molecule has 0 spiro atoms. The van der Waals surface area contributed by atoms with Gasteiger partial charge >= 0.3 is 0 Å². The van der Waals surface area contributed by atoms with Gasteiger partial charge in [0.05, 0.1) is 23.0 Å². The van der Waals surface area contributed by atoms with E-state index >= 15 is 0 Å².